The van der Waals surface area contributed by atoms with Crippen LogP contribution in [-0.2, 0) is 0 Å². The Morgan fingerprint density at radius 1 is 1.15 bits per heavy atom. The minimum absolute atomic E-state index is 0.426. The van der Waals surface area contributed by atoms with Gasteiger partial charge in [-0.25, -0.2) is 0 Å². The fraction of sp³-hybridized carbons (Fsp3) is 0.333. The van der Waals surface area contributed by atoms with Crippen molar-refractivity contribution >= 4 is 0 Å². The quantitative estimate of drug-likeness (QED) is 0.691. The van der Waals surface area contributed by atoms with Gasteiger partial charge in [-0.1, -0.05) is 30.3 Å². The lowest BCUT2D eigenvalue weighted by Gasteiger charge is -2.18. The third kappa shape index (κ3) is 1.92. The molecule has 1 aromatic carbocycles. The summed E-state index contributed by atoms with van der Waals surface area (Å²) in [4.78, 5) is 0. The second-order valence-electron chi connectivity index (χ2n) is 3.57. The number of aliphatic hydroxyl groups excluding tert-OH is 1. The molecule has 0 aromatic heterocycles. The molecule has 0 fully saturated rings. The minimum atomic E-state index is 0.426. The molecular formula is C12H14O. The summed E-state index contributed by atoms with van der Waals surface area (Å²) in [5.74, 6) is 0.982. The zero-order valence-corrected chi connectivity index (χ0v) is 7.61. The van der Waals surface area contributed by atoms with Gasteiger partial charge in [0.25, 0.3) is 0 Å². The summed E-state index contributed by atoms with van der Waals surface area (Å²) < 4.78 is 0. The van der Waals surface area contributed by atoms with E-state index >= 15 is 0 Å². The highest BCUT2D eigenvalue weighted by Crippen LogP contribution is 2.29. The number of rotatable bonds is 1. The van der Waals surface area contributed by atoms with Gasteiger partial charge in [-0.15, -0.1) is 0 Å². The van der Waals surface area contributed by atoms with E-state index in [-0.39, 0.29) is 0 Å². The third-order valence-electron chi connectivity index (χ3n) is 2.57. The van der Waals surface area contributed by atoms with Gasteiger partial charge in [0.05, 0.1) is 5.76 Å². The van der Waals surface area contributed by atoms with Crippen molar-refractivity contribution in [3.8, 4) is 0 Å². The van der Waals surface area contributed by atoms with Gasteiger partial charge in [-0.2, -0.15) is 0 Å². The average Bonchev–Trinajstić information content (AvgIpc) is 2.19. The molecule has 1 atom stereocenters. The van der Waals surface area contributed by atoms with Crippen LogP contribution >= 0.6 is 0 Å². The van der Waals surface area contributed by atoms with Crippen molar-refractivity contribution in [1.82, 2.24) is 0 Å². The first-order valence-electron chi connectivity index (χ1n) is 4.81. The van der Waals surface area contributed by atoms with Crippen LogP contribution in [0.15, 0.2) is 42.2 Å². The van der Waals surface area contributed by atoms with E-state index in [1.807, 2.05) is 12.1 Å². The normalized spacial score (nSPS) is 22.5. The Morgan fingerprint density at radius 3 is 2.62 bits per heavy atom. The molecule has 0 unspecified atom stereocenters. The van der Waals surface area contributed by atoms with Crippen LogP contribution in [-0.4, -0.2) is 5.11 Å². The van der Waals surface area contributed by atoms with E-state index in [2.05, 4.69) is 24.3 Å². The molecule has 13 heavy (non-hydrogen) atoms. The summed E-state index contributed by atoms with van der Waals surface area (Å²) in [6.07, 6.45) is 5.10. The highest BCUT2D eigenvalue weighted by Gasteiger charge is 2.13. The van der Waals surface area contributed by atoms with Crippen molar-refractivity contribution in [2.45, 2.75) is 25.2 Å². The maximum absolute atomic E-state index is 9.40. The largest absolute Gasteiger partial charge is 0.513 e. The lowest BCUT2D eigenvalue weighted by Crippen LogP contribution is -2.02. The van der Waals surface area contributed by atoms with E-state index in [4.69, 9.17) is 0 Å². The number of benzene rings is 1. The molecular weight excluding hydrogens is 160 g/mol. The lowest BCUT2D eigenvalue weighted by molar-refractivity contribution is 0.362. The smallest absolute Gasteiger partial charge is 0.0889 e. The van der Waals surface area contributed by atoms with Crippen LogP contribution in [0.3, 0.4) is 0 Å². The maximum Gasteiger partial charge on any atom is 0.0889 e. The summed E-state index contributed by atoms with van der Waals surface area (Å²) in [6.45, 7) is 0. The van der Waals surface area contributed by atoms with Crippen LogP contribution in [0.2, 0.25) is 0 Å². The first kappa shape index (κ1) is 8.36. The van der Waals surface area contributed by atoms with Gasteiger partial charge >= 0.3 is 0 Å². The maximum atomic E-state index is 9.40. The van der Waals surface area contributed by atoms with E-state index < -0.39 is 0 Å². The highest BCUT2D eigenvalue weighted by molar-refractivity contribution is 5.25. The summed E-state index contributed by atoms with van der Waals surface area (Å²) in [7, 11) is 0. The van der Waals surface area contributed by atoms with Gasteiger partial charge in [0.2, 0.25) is 0 Å². The minimum Gasteiger partial charge on any atom is -0.513 e. The molecule has 2 rings (SSSR count). The molecule has 0 saturated heterocycles. The molecule has 0 radical (unpaired) electrons. The average molecular weight is 174 g/mol. The van der Waals surface area contributed by atoms with E-state index in [0.717, 1.165) is 19.3 Å². The molecule has 0 spiro atoms. The van der Waals surface area contributed by atoms with Crippen molar-refractivity contribution < 1.29 is 5.11 Å². The van der Waals surface area contributed by atoms with Gasteiger partial charge in [0, 0.05) is 12.3 Å². The van der Waals surface area contributed by atoms with Crippen LogP contribution in [0.5, 0.6) is 0 Å². The van der Waals surface area contributed by atoms with E-state index in [0.29, 0.717) is 11.7 Å². The standard InChI is InChI=1S/C12H14O/c13-12-8-4-7-11(9-12)10-5-2-1-3-6-10/h1-3,5-6,9,11,13H,4,7-8H2/t11-/m1/s1. The lowest BCUT2D eigenvalue weighted by atomic mass is 9.89. The molecule has 0 heterocycles. The Labute approximate surface area is 78.7 Å². The zero-order chi connectivity index (χ0) is 9.10. The van der Waals surface area contributed by atoms with E-state index in [1.54, 1.807) is 0 Å². The van der Waals surface area contributed by atoms with Crippen LogP contribution in [0.25, 0.3) is 0 Å². The number of hydrogen-bond acceptors (Lipinski definition) is 1. The molecule has 1 aliphatic carbocycles. The Balaban J connectivity index is 2.22. The third-order valence-corrected chi connectivity index (χ3v) is 2.57. The molecule has 1 nitrogen and oxygen atoms in total. The molecule has 0 amide bonds. The van der Waals surface area contributed by atoms with Crippen LogP contribution in [0.4, 0.5) is 0 Å². The number of aliphatic hydroxyl groups is 1. The van der Waals surface area contributed by atoms with Gasteiger partial charge in [-0.3, -0.25) is 0 Å². The van der Waals surface area contributed by atoms with Crippen molar-refractivity contribution in [3.05, 3.63) is 47.7 Å². The highest BCUT2D eigenvalue weighted by atomic mass is 16.3. The molecule has 1 heteroatoms. The number of allylic oxidation sites excluding steroid dienone is 2. The molecule has 0 saturated carbocycles. The Morgan fingerprint density at radius 2 is 1.92 bits per heavy atom. The predicted molar refractivity (Wildman–Crippen MR) is 53.7 cm³/mol. The van der Waals surface area contributed by atoms with Crippen molar-refractivity contribution in [2.24, 2.45) is 0 Å². The summed E-state index contributed by atoms with van der Waals surface area (Å²) in [5, 5.41) is 9.40. The Kier molecular flexibility index (Phi) is 2.35. The zero-order valence-electron chi connectivity index (χ0n) is 7.61. The van der Waals surface area contributed by atoms with Gasteiger partial charge in [0.1, 0.15) is 0 Å². The van der Waals surface area contributed by atoms with Gasteiger partial charge < -0.3 is 5.11 Å². The van der Waals surface area contributed by atoms with Crippen LogP contribution in [0.1, 0.15) is 30.7 Å². The molecule has 68 valence electrons. The fourth-order valence-electron chi connectivity index (χ4n) is 1.87. The summed E-state index contributed by atoms with van der Waals surface area (Å²) in [6, 6.07) is 10.4. The molecule has 1 aliphatic rings. The van der Waals surface area contributed by atoms with Crippen molar-refractivity contribution in [3.63, 3.8) is 0 Å². The number of hydrogen-bond donors (Lipinski definition) is 1. The monoisotopic (exact) mass is 174 g/mol. The van der Waals surface area contributed by atoms with Gasteiger partial charge in [-0.05, 0) is 24.5 Å². The second-order valence-corrected chi connectivity index (χ2v) is 3.57. The van der Waals surface area contributed by atoms with E-state index in [9.17, 15) is 5.11 Å². The summed E-state index contributed by atoms with van der Waals surface area (Å²) >= 11 is 0. The first-order chi connectivity index (χ1) is 6.36. The SMILES string of the molecule is OC1=C[C@H](c2ccccc2)CCC1. The first-order valence-corrected chi connectivity index (χ1v) is 4.81. The van der Waals surface area contributed by atoms with E-state index in [1.165, 1.54) is 5.56 Å². The predicted octanol–water partition coefficient (Wildman–Crippen LogP) is 3.40. The van der Waals surface area contributed by atoms with Gasteiger partial charge in [0.15, 0.2) is 0 Å². The summed E-state index contributed by atoms with van der Waals surface area (Å²) in [5.41, 5.74) is 1.31. The molecule has 0 bridgehead atoms. The van der Waals surface area contributed by atoms with Crippen molar-refractivity contribution in [1.29, 1.82) is 0 Å². The van der Waals surface area contributed by atoms with Crippen molar-refractivity contribution in [2.75, 3.05) is 0 Å². The molecule has 1 aromatic rings. The molecule has 1 N–H and O–H groups in total. The fourth-order valence-corrected chi connectivity index (χ4v) is 1.87. The van der Waals surface area contributed by atoms with Crippen LogP contribution < -0.4 is 0 Å². The Bertz CT molecular complexity index is 300. The van der Waals surface area contributed by atoms with Crippen LogP contribution in [0, 0.1) is 0 Å². The molecule has 0 aliphatic heterocycles. The Hall–Kier alpha value is -1.24. The second kappa shape index (κ2) is 3.65. The topological polar surface area (TPSA) is 20.2 Å².